The molecule has 3 aromatic carbocycles. The zero-order valence-electron chi connectivity index (χ0n) is 16.4. The predicted octanol–water partition coefficient (Wildman–Crippen LogP) is 5.74. The Bertz CT molecular complexity index is 1200. The second-order valence-electron chi connectivity index (χ2n) is 7.28. The molecular weight excluding hydrogens is 356 g/mol. The lowest BCUT2D eigenvalue weighted by Crippen LogP contribution is -2.01. The standard InChI is InChI=1S/C25H20N4/c1-17-8-12-20(13-9-17)23-24(21-14-10-18(2)11-15-21)28-29-16-22(26-25(29)27-23)19-6-4-3-5-7-19/h3-16H,1-2H3. The molecule has 4 heteroatoms. The quantitative estimate of drug-likeness (QED) is 0.403. The molecule has 0 aliphatic carbocycles. The van der Waals surface area contributed by atoms with Gasteiger partial charge in [0.1, 0.15) is 11.4 Å². The van der Waals surface area contributed by atoms with Gasteiger partial charge in [0.15, 0.2) is 0 Å². The van der Waals surface area contributed by atoms with E-state index in [0.29, 0.717) is 5.78 Å². The number of benzene rings is 3. The van der Waals surface area contributed by atoms with Gasteiger partial charge in [-0.15, -0.1) is 0 Å². The summed E-state index contributed by atoms with van der Waals surface area (Å²) in [5.41, 5.74) is 8.10. The Hall–Kier alpha value is -3.79. The van der Waals surface area contributed by atoms with Crippen LogP contribution in [0, 0.1) is 13.8 Å². The SMILES string of the molecule is Cc1ccc(-c2nc3nc(-c4ccccc4)cn3nc2-c2ccc(C)cc2)cc1. The smallest absolute Gasteiger partial charge is 0.209 e. The van der Waals surface area contributed by atoms with Gasteiger partial charge >= 0.3 is 0 Å². The number of imidazole rings is 1. The summed E-state index contributed by atoms with van der Waals surface area (Å²) in [6, 6.07) is 26.9. The average molecular weight is 376 g/mol. The van der Waals surface area contributed by atoms with Crippen LogP contribution in [0.15, 0.2) is 85.1 Å². The van der Waals surface area contributed by atoms with E-state index in [1.807, 2.05) is 36.5 Å². The van der Waals surface area contributed by atoms with Gasteiger partial charge in [-0.25, -0.2) is 14.5 Å². The number of hydrogen-bond acceptors (Lipinski definition) is 3. The average Bonchev–Trinajstić information content (AvgIpc) is 3.18. The predicted molar refractivity (Wildman–Crippen MR) is 117 cm³/mol. The number of aromatic nitrogens is 4. The van der Waals surface area contributed by atoms with Crippen molar-refractivity contribution in [1.82, 2.24) is 19.6 Å². The van der Waals surface area contributed by atoms with Crippen molar-refractivity contribution in [3.63, 3.8) is 0 Å². The highest BCUT2D eigenvalue weighted by Gasteiger charge is 2.15. The topological polar surface area (TPSA) is 43.1 Å². The Labute approximate surface area is 169 Å². The number of rotatable bonds is 3. The van der Waals surface area contributed by atoms with E-state index in [1.54, 1.807) is 4.52 Å². The summed E-state index contributed by atoms with van der Waals surface area (Å²) in [6.45, 7) is 4.17. The van der Waals surface area contributed by atoms with E-state index in [-0.39, 0.29) is 0 Å². The monoisotopic (exact) mass is 376 g/mol. The second kappa shape index (κ2) is 6.99. The van der Waals surface area contributed by atoms with Gasteiger partial charge in [-0.2, -0.15) is 5.10 Å². The summed E-state index contributed by atoms with van der Waals surface area (Å²) in [5.74, 6) is 0.593. The maximum atomic E-state index is 4.91. The van der Waals surface area contributed by atoms with Crippen LogP contribution in [0.4, 0.5) is 0 Å². The van der Waals surface area contributed by atoms with Crippen LogP contribution in [0.3, 0.4) is 0 Å². The second-order valence-corrected chi connectivity index (χ2v) is 7.28. The maximum Gasteiger partial charge on any atom is 0.251 e. The third-order valence-corrected chi connectivity index (χ3v) is 5.03. The molecule has 0 radical (unpaired) electrons. The first-order valence-electron chi connectivity index (χ1n) is 9.64. The molecular formula is C25H20N4. The van der Waals surface area contributed by atoms with Gasteiger partial charge in [0.2, 0.25) is 0 Å². The van der Waals surface area contributed by atoms with Crippen molar-refractivity contribution < 1.29 is 0 Å². The van der Waals surface area contributed by atoms with Gasteiger partial charge in [-0.1, -0.05) is 90.0 Å². The van der Waals surface area contributed by atoms with Gasteiger partial charge in [-0.05, 0) is 13.8 Å². The summed E-state index contributed by atoms with van der Waals surface area (Å²) in [4.78, 5) is 9.63. The molecule has 29 heavy (non-hydrogen) atoms. The lowest BCUT2D eigenvalue weighted by Gasteiger charge is -2.09. The highest BCUT2D eigenvalue weighted by molar-refractivity contribution is 5.79. The lowest BCUT2D eigenvalue weighted by atomic mass is 10.0. The molecule has 0 aliphatic rings. The number of aryl methyl sites for hydroxylation is 2. The molecule has 5 aromatic rings. The summed E-state index contributed by atoms with van der Waals surface area (Å²) < 4.78 is 1.77. The van der Waals surface area contributed by atoms with Crippen molar-refractivity contribution in [2.45, 2.75) is 13.8 Å². The first kappa shape index (κ1) is 17.3. The van der Waals surface area contributed by atoms with Crippen molar-refractivity contribution in [3.05, 3.63) is 96.2 Å². The Morgan fingerprint density at radius 1 is 0.586 bits per heavy atom. The van der Waals surface area contributed by atoms with E-state index in [1.165, 1.54) is 11.1 Å². The van der Waals surface area contributed by atoms with Gasteiger partial charge < -0.3 is 0 Å². The van der Waals surface area contributed by atoms with E-state index in [0.717, 1.165) is 33.8 Å². The molecule has 0 spiro atoms. The zero-order chi connectivity index (χ0) is 19.8. The molecule has 2 heterocycles. The fourth-order valence-corrected chi connectivity index (χ4v) is 3.39. The number of nitrogens with zero attached hydrogens (tertiary/aromatic N) is 4. The fourth-order valence-electron chi connectivity index (χ4n) is 3.39. The van der Waals surface area contributed by atoms with Gasteiger partial charge in [0.25, 0.3) is 5.78 Å². The first-order valence-corrected chi connectivity index (χ1v) is 9.64. The van der Waals surface area contributed by atoms with Crippen LogP contribution in [-0.4, -0.2) is 19.6 Å². The Morgan fingerprint density at radius 2 is 1.17 bits per heavy atom. The van der Waals surface area contributed by atoms with Crippen molar-refractivity contribution in [1.29, 1.82) is 0 Å². The molecule has 0 saturated heterocycles. The largest absolute Gasteiger partial charge is 0.251 e. The van der Waals surface area contributed by atoms with Crippen molar-refractivity contribution in [2.75, 3.05) is 0 Å². The third-order valence-electron chi connectivity index (χ3n) is 5.03. The van der Waals surface area contributed by atoms with E-state index in [4.69, 9.17) is 15.1 Å². The molecule has 0 N–H and O–H groups in total. The van der Waals surface area contributed by atoms with Crippen molar-refractivity contribution in [3.8, 4) is 33.8 Å². The van der Waals surface area contributed by atoms with Crippen LogP contribution in [-0.2, 0) is 0 Å². The van der Waals surface area contributed by atoms with Crippen LogP contribution >= 0.6 is 0 Å². The zero-order valence-corrected chi connectivity index (χ0v) is 16.4. The minimum absolute atomic E-state index is 0.593. The van der Waals surface area contributed by atoms with Gasteiger partial charge in [0.05, 0.1) is 11.9 Å². The maximum absolute atomic E-state index is 4.91. The Kier molecular flexibility index (Phi) is 4.17. The van der Waals surface area contributed by atoms with E-state index in [2.05, 4.69) is 62.4 Å². The van der Waals surface area contributed by atoms with Crippen molar-refractivity contribution >= 4 is 5.78 Å². The van der Waals surface area contributed by atoms with Gasteiger partial charge in [0, 0.05) is 16.7 Å². The molecule has 0 bridgehead atoms. The van der Waals surface area contributed by atoms with Crippen LogP contribution in [0.25, 0.3) is 39.5 Å². The molecule has 0 fully saturated rings. The molecule has 0 atom stereocenters. The summed E-state index contributed by atoms with van der Waals surface area (Å²) in [7, 11) is 0. The van der Waals surface area contributed by atoms with Crippen LogP contribution in [0.5, 0.6) is 0 Å². The Morgan fingerprint density at radius 3 is 1.79 bits per heavy atom. The molecule has 5 rings (SSSR count). The molecule has 0 aliphatic heterocycles. The minimum atomic E-state index is 0.593. The van der Waals surface area contributed by atoms with Crippen LogP contribution in [0.2, 0.25) is 0 Å². The minimum Gasteiger partial charge on any atom is -0.209 e. The van der Waals surface area contributed by atoms with E-state index >= 15 is 0 Å². The van der Waals surface area contributed by atoms with Crippen LogP contribution < -0.4 is 0 Å². The molecule has 2 aromatic heterocycles. The van der Waals surface area contributed by atoms with E-state index in [9.17, 15) is 0 Å². The highest BCUT2D eigenvalue weighted by atomic mass is 15.3. The highest BCUT2D eigenvalue weighted by Crippen LogP contribution is 2.30. The summed E-state index contributed by atoms with van der Waals surface area (Å²) in [5, 5.41) is 4.91. The normalized spacial score (nSPS) is 11.1. The summed E-state index contributed by atoms with van der Waals surface area (Å²) in [6.07, 6.45) is 1.94. The third kappa shape index (κ3) is 3.29. The fraction of sp³-hybridized carbons (Fsp3) is 0.0800. The molecule has 0 saturated carbocycles. The lowest BCUT2D eigenvalue weighted by molar-refractivity contribution is 0.912. The van der Waals surface area contributed by atoms with Crippen molar-refractivity contribution in [2.24, 2.45) is 0 Å². The molecule has 0 amide bonds. The summed E-state index contributed by atoms with van der Waals surface area (Å²) >= 11 is 0. The number of fused-ring (bicyclic) bond motifs is 1. The number of hydrogen-bond donors (Lipinski definition) is 0. The Balaban J connectivity index is 1.74. The van der Waals surface area contributed by atoms with Gasteiger partial charge in [-0.3, -0.25) is 0 Å². The van der Waals surface area contributed by atoms with Crippen LogP contribution in [0.1, 0.15) is 11.1 Å². The molecule has 0 unspecified atom stereocenters. The first-order chi connectivity index (χ1) is 14.2. The van der Waals surface area contributed by atoms with E-state index < -0.39 is 0 Å². The molecule has 4 nitrogen and oxygen atoms in total. The molecule has 140 valence electrons.